The normalized spacial score (nSPS) is 16.0. The van der Waals surface area contributed by atoms with Gasteiger partial charge in [-0.1, -0.05) is 26.0 Å². The van der Waals surface area contributed by atoms with Gasteiger partial charge in [0.1, 0.15) is 11.4 Å². The first-order valence-electron chi connectivity index (χ1n) is 10.7. The van der Waals surface area contributed by atoms with Crippen LogP contribution in [0.4, 0.5) is 13.2 Å². The van der Waals surface area contributed by atoms with Crippen LogP contribution in [-0.4, -0.2) is 39.7 Å². The lowest BCUT2D eigenvalue weighted by atomic mass is 10.0. The van der Waals surface area contributed by atoms with Crippen molar-refractivity contribution in [1.82, 2.24) is 15.3 Å². The summed E-state index contributed by atoms with van der Waals surface area (Å²) in [4.78, 5) is 21.1. The quantitative estimate of drug-likeness (QED) is 0.587. The average molecular weight is 451 g/mol. The first-order valence-corrected chi connectivity index (χ1v) is 10.7. The van der Waals surface area contributed by atoms with E-state index < -0.39 is 23.2 Å². The number of amides is 1. The Hall–Kier alpha value is -2.68. The molecule has 0 spiro atoms. The molecule has 6 nitrogen and oxygen atoms in total. The van der Waals surface area contributed by atoms with Gasteiger partial charge < -0.3 is 15.2 Å². The van der Waals surface area contributed by atoms with Crippen molar-refractivity contribution in [2.24, 2.45) is 11.8 Å². The molecule has 1 aromatic carbocycles. The van der Waals surface area contributed by atoms with E-state index in [0.717, 1.165) is 31.4 Å². The number of nitrogens with zero attached hydrogens (tertiary/aromatic N) is 2. The summed E-state index contributed by atoms with van der Waals surface area (Å²) in [6, 6.07) is 4.46. The minimum Gasteiger partial charge on any atom is -0.476 e. The third-order valence-corrected chi connectivity index (χ3v) is 5.45. The average Bonchev–Trinajstić information content (AvgIpc) is 3.57. The summed E-state index contributed by atoms with van der Waals surface area (Å²) < 4.78 is 44.5. The van der Waals surface area contributed by atoms with Crippen molar-refractivity contribution in [2.75, 3.05) is 13.2 Å². The highest BCUT2D eigenvalue weighted by molar-refractivity contribution is 5.92. The molecule has 0 saturated heterocycles. The van der Waals surface area contributed by atoms with Gasteiger partial charge >= 0.3 is 6.18 Å². The number of rotatable bonds is 9. The lowest BCUT2D eigenvalue weighted by molar-refractivity contribution is -0.137. The Kier molecular flexibility index (Phi) is 7.07. The van der Waals surface area contributed by atoms with Crippen LogP contribution in [0.3, 0.4) is 0 Å². The standard InChI is InChI=1S/C23H28F3N3O3/c1-14(2)10-11-32-21-19(15-4-6-17(7-5-15)23(24,25)26)29-18(12-27-21)20(30)28-13-22(3,31)16-8-9-16/h4-7,12,14,16,31H,8-11,13H2,1-3H3,(H,28,30). The number of hydrogen-bond acceptors (Lipinski definition) is 5. The van der Waals surface area contributed by atoms with Crippen LogP contribution in [0.25, 0.3) is 11.3 Å². The first-order chi connectivity index (χ1) is 15.0. The predicted molar refractivity (Wildman–Crippen MR) is 113 cm³/mol. The Morgan fingerprint density at radius 2 is 1.91 bits per heavy atom. The molecule has 3 rings (SSSR count). The Morgan fingerprint density at radius 3 is 2.47 bits per heavy atom. The molecule has 1 heterocycles. The molecule has 9 heteroatoms. The second-order valence-corrected chi connectivity index (χ2v) is 8.83. The Bertz CT molecular complexity index is 940. The van der Waals surface area contributed by atoms with Crippen molar-refractivity contribution in [1.29, 1.82) is 0 Å². The third-order valence-electron chi connectivity index (χ3n) is 5.45. The molecular formula is C23H28F3N3O3. The van der Waals surface area contributed by atoms with Crippen LogP contribution >= 0.6 is 0 Å². The number of aromatic nitrogens is 2. The van der Waals surface area contributed by atoms with E-state index >= 15 is 0 Å². The van der Waals surface area contributed by atoms with E-state index in [-0.39, 0.29) is 29.7 Å². The molecule has 2 aromatic rings. The summed E-state index contributed by atoms with van der Waals surface area (Å²) in [5.74, 6) is 0.169. The predicted octanol–water partition coefficient (Wildman–Crippen LogP) is 4.48. The largest absolute Gasteiger partial charge is 0.476 e. The maximum atomic E-state index is 12.9. The number of carbonyl (C=O) groups is 1. The summed E-state index contributed by atoms with van der Waals surface area (Å²) in [5.41, 5.74) is -1.26. The lowest BCUT2D eigenvalue weighted by Crippen LogP contribution is -2.42. The number of nitrogens with one attached hydrogen (secondary N) is 1. The van der Waals surface area contributed by atoms with E-state index in [4.69, 9.17) is 4.74 Å². The first kappa shape index (κ1) is 24.0. The molecule has 1 amide bonds. The number of hydrogen-bond donors (Lipinski definition) is 2. The van der Waals surface area contributed by atoms with Crippen molar-refractivity contribution in [2.45, 2.75) is 51.8 Å². The van der Waals surface area contributed by atoms with Crippen LogP contribution in [-0.2, 0) is 6.18 Å². The highest BCUT2D eigenvalue weighted by Crippen LogP contribution is 2.39. The van der Waals surface area contributed by atoms with Crippen molar-refractivity contribution in [3.8, 4) is 17.1 Å². The smallest absolute Gasteiger partial charge is 0.416 e. The maximum Gasteiger partial charge on any atom is 0.416 e. The SMILES string of the molecule is CC(C)CCOc1ncc(C(=O)NCC(C)(O)C2CC2)nc1-c1ccc(C(F)(F)F)cc1. The zero-order chi connectivity index (χ0) is 23.5. The van der Waals surface area contributed by atoms with Gasteiger partial charge in [-0.2, -0.15) is 13.2 Å². The van der Waals surface area contributed by atoms with Crippen molar-refractivity contribution < 1.29 is 27.8 Å². The van der Waals surface area contributed by atoms with Crippen LogP contribution in [0, 0.1) is 11.8 Å². The van der Waals surface area contributed by atoms with E-state index in [2.05, 4.69) is 15.3 Å². The van der Waals surface area contributed by atoms with Crippen LogP contribution in [0.5, 0.6) is 5.88 Å². The van der Waals surface area contributed by atoms with Gasteiger partial charge in [-0.15, -0.1) is 0 Å². The summed E-state index contributed by atoms with van der Waals surface area (Å²) in [7, 11) is 0. The van der Waals surface area contributed by atoms with E-state index in [0.29, 0.717) is 18.1 Å². The lowest BCUT2D eigenvalue weighted by Gasteiger charge is -2.23. The van der Waals surface area contributed by atoms with Gasteiger partial charge in [-0.25, -0.2) is 9.97 Å². The molecule has 0 bridgehead atoms. The number of ether oxygens (including phenoxy) is 1. The number of halogens is 3. The third kappa shape index (κ3) is 6.18. The van der Waals surface area contributed by atoms with Gasteiger partial charge in [0.25, 0.3) is 5.91 Å². The summed E-state index contributed by atoms with van der Waals surface area (Å²) in [6.45, 7) is 6.18. The van der Waals surface area contributed by atoms with E-state index in [1.807, 2.05) is 13.8 Å². The molecule has 1 aliphatic rings. The second-order valence-electron chi connectivity index (χ2n) is 8.83. The minimum absolute atomic E-state index is 0.0114. The number of aliphatic hydroxyl groups is 1. The van der Waals surface area contributed by atoms with Gasteiger partial charge in [0.2, 0.25) is 5.88 Å². The van der Waals surface area contributed by atoms with Crippen LogP contribution < -0.4 is 10.1 Å². The van der Waals surface area contributed by atoms with Crippen molar-refractivity contribution >= 4 is 5.91 Å². The van der Waals surface area contributed by atoms with E-state index in [1.54, 1.807) is 6.92 Å². The van der Waals surface area contributed by atoms with Gasteiger partial charge in [-0.05, 0) is 50.2 Å². The van der Waals surface area contributed by atoms with Gasteiger partial charge in [-0.3, -0.25) is 4.79 Å². The topological polar surface area (TPSA) is 84.3 Å². The fourth-order valence-electron chi connectivity index (χ4n) is 3.19. The minimum atomic E-state index is -4.46. The molecule has 0 aliphatic heterocycles. The van der Waals surface area contributed by atoms with Gasteiger partial charge in [0, 0.05) is 12.1 Å². The van der Waals surface area contributed by atoms with E-state index in [1.165, 1.54) is 18.3 Å². The molecule has 32 heavy (non-hydrogen) atoms. The monoisotopic (exact) mass is 451 g/mol. The molecule has 1 aromatic heterocycles. The summed E-state index contributed by atoms with van der Waals surface area (Å²) in [5, 5.41) is 13.1. The fraction of sp³-hybridized carbons (Fsp3) is 0.522. The Morgan fingerprint density at radius 1 is 1.25 bits per heavy atom. The van der Waals surface area contributed by atoms with E-state index in [9.17, 15) is 23.1 Å². The molecular weight excluding hydrogens is 423 g/mol. The zero-order valence-electron chi connectivity index (χ0n) is 18.4. The fourth-order valence-corrected chi connectivity index (χ4v) is 3.19. The van der Waals surface area contributed by atoms with Crippen LogP contribution in [0.1, 0.15) is 56.1 Å². The molecule has 174 valence electrons. The highest BCUT2D eigenvalue weighted by atomic mass is 19.4. The Balaban J connectivity index is 1.84. The van der Waals surface area contributed by atoms with Crippen LogP contribution in [0.2, 0.25) is 0 Å². The van der Waals surface area contributed by atoms with Gasteiger partial charge in [0.05, 0.1) is 24.0 Å². The Labute approximate surface area is 185 Å². The van der Waals surface area contributed by atoms with Crippen molar-refractivity contribution in [3.05, 3.63) is 41.7 Å². The van der Waals surface area contributed by atoms with Gasteiger partial charge in [0.15, 0.2) is 0 Å². The summed E-state index contributed by atoms with van der Waals surface area (Å²) >= 11 is 0. The second kappa shape index (κ2) is 9.44. The molecule has 1 aliphatic carbocycles. The molecule has 2 N–H and O–H groups in total. The molecule has 0 radical (unpaired) electrons. The van der Waals surface area contributed by atoms with Crippen LogP contribution in [0.15, 0.2) is 30.5 Å². The molecule has 1 fully saturated rings. The zero-order valence-corrected chi connectivity index (χ0v) is 18.4. The molecule has 1 saturated carbocycles. The molecule has 1 unspecified atom stereocenters. The molecule has 1 atom stereocenters. The van der Waals surface area contributed by atoms with Crippen molar-refractivity contribution in [3.63, 3.8) is 0 Å². The number of carbonyl (C=O) groups excluding carboxylic acids is 1. The number of alkyl halides is 3. The number of benzene rings is 1. The maximum absolute atomic E-state index is 12.9. The highest BCUT2D eigenvalue weighted by Gasteiger charge is 2.40. The summed E-state index contributed by atoms with van der Waals surface area (Å²) in [6.07, 6.45) is -0.598.